The van der Waals surface area contributed by atoms with Gasteiger partial charge in [0.05, 0.1) is 6.10 Å². The molecular weight excluding hydrogens is 274 g/mol. The number of carbonyl (C=O) groups is 2. The minimum atomic E-state index is -3.95. The molecule has 110 valence electrons. The third kappa shape index (κ3) is 6.97. The van der Waals surface area contributed by atoms with E-state index in [0.29, 0.717) is 0 Å². The van der Waals surface area contributed by atoms with Crippen LogP contribution in [0.1, 0.15) is 26.7 Å². The summed E-state index contributed by atoms with van der Waals surface area (Å²) in [6.07, 6.45) is 0.331. The van der Waals surface area contributed by atoms with E-state index in [4.69, 9.17) is 0 Å². The molecule has 19 heavy (non-hydrogen) atoms. The molecule has 0 atom stereocenters. The maximum Gasteiger partial charge on any atom is 0.422 e. The first-order valence-electron chi connectivity index (χ1n) is 6.06. The molecule has 0 bridgehead atoms. The minimum absolute atomic E-state index is 0.00273. The van der Waals surface area contributed by atoms with Crippen molar-refractivity contribution in [3.05, 3.63) is 0 Å². The van der Waals surface area contributed by atoms with Gasteiger partial charge >= 0.3 is 16.3 Å². The quantitative estimate of drug-likeness (QED) is 0.547. The molecule has 1 rings (SSSR count). The van der Waals surface area contributed by atoms with Gasteiger partial charge in [0.2, 0.25) is 5.91 Å². The lowest BCUT2D eigenvalue weighted by molar-refractivity contribution is -0.122. The van der Waals surface area contributed by atoms with Crippen LogP contribution < -0.4 is 14.8 Å². The van der Waals surface area contributed by atoms with E-state index in [9.17, 15) is 18.0 Å². The second-order valence-electron chi connectivity index (χ2n) is 4.52. The van der Waals surface area contributed by atoms with E-state index >= 15 is 0 Å². The van der Waals surface area contributed by atoms with E-state index < -0.39 is 22.4 Å². The van der Waals surface area contributed by atoms with E-state index in [-0.39, 0.29) is 24.9 Å². The summed E-state index contributed by atoms with van der Waals surface area (Å²) in [5, 5.41) is 2.59. The summed E-state index contributed by atoms with van der Waals surface area (Å²) in [5.41, 5.74) is 0. The van der Waals surface area contributed by atoms with Crippen molar-refractivity contribution in [1.82, 2.24) is 14.8 Å². The molecule has 3 N–H and O–H groups in total. The molecule has 0 saturated heterocycles. The zero-order chi connectivity index (χ0) is 14.5. The van der Waals surface area contributed by atoms with Gasteiger partial charge in [0.1, 0.15) is 0 Å². The molecule has 0 unspecified atom stereocenters. The van der Waals surface area contributed by atoms with Crippen LogP contribution in [0.3, 0.4) is 0 Å². The van der Waals surface area contributed by atoms with Crippen LogP contribution in [0.2, 0.25) is 0 Å². The number of nitrogens with one attached hydrogen (secondary N) is 3. The van der Waals surface area contributed by atoms with Gasteiger partial charge in [-0.1, -0.05) is 0 Å². The molecule has 0 heterocycles. The van der Waals surface area contributed by atoms with Crippen LogP contribution in [0.15, 0.2) is 0 Å². The van der Waals surface area contributed by atoms with Crippen LogP contribution in [0, 0.1) is 5.92 Å². The van der Waals surface area contributed by atoms with Gasteiger partial charge in [-0.25, -0.2) is 9.52 Å². The highest BCUT2D eigenvalue weighted by molar-refractivity contribution is 7.88. The van der Waals surface area contributed by atoms with E-state index in [1.165, 1.54) is 0 Å². The summed E-state index contributed by atoms with van der Waals surface area (Å²) in [5.74, 6) is 0.0159. The molecule has 2 amide bonds. The van der Waals surface area contributed by atoms with Crippen molar-refractivity contribution in [3.63, 3.8) is 0 Å². The standard InChI is InChI=1S/C10H19N3O5S/c1-7(2)18-10(15)13-19(16,17)12-6-5-11-9(14)8-3-4-8/h7-8,12H,3-6H2,1-2H3,(H,11,14)(H,13,15). The molecular formula is C10H19N3O5S. The fourth-order valence-corrected chi connectivity index (χ4v) is 1.96. The number of ether oxygens (including phenoxy) is 1. The first-order valence-corrected chi connectivity index (χ1v) is 7.54. The van der Waals surface area contributed by atoms with Crippen molar-refractivity contribution in [3.8, 4) is 0 Å². The van der Waals surface area contributed by atoms with Crippen molar-refractivity contribution in [1.29, 1.82) is 0 Å². The Morgan fingerprint density at radius 3 is 2.42 bits per heavy atom. The topological polar surface area (TPSA) is 114 Å². The molecule has 0 aromatic rings. The van der Waals surface area contributed by atoms with E-state index in [0.717, 1.165) is 12.8 Å². The monoisotopic (exact) mass is 293 g/mol. The smallest absolute Gasteiger partial charge is 0.422 e. The van der Waals surface area contributed by atoms with Gasteiger partial charge in [0.15, 0.2) is 0 Å². The summed E-state index contributed by atoms with van der Waals surface area (Å²) in [7, 11) is -3.95. The summed E-state index contributed by atoms with van der Waals surface area (Å²) in [6.45, 7) is 3.39. The Hall–Kier alpha value is -1.35. The van der Waals surface area contributed by atoms with Gasteiger partial charge in [-0.3, -0.25) is 4.79 Å². The molecule has 0 aromatic carbocycles. The molecule has 1 fully saturated rings. The van der Waals surface area contributed by atoms with Crippen molar-refractivity contribution in [2.24, 2.45) is 5.92 Å². The Kier molecular flexibility index (Phi) is 5.55. The molecule has 0 radical (unpaired) electrons. The Morgan fingerprint density at radius 2 is 1.89 bits per heavy atom. The van der Waals surface area contributed by atoms with E-state index in [1.807, 2.05) is 0 Å². The third-order valence-electron chi connectivity index (χ3n) is 2.22. The zero-order valence-electron chi connectivity index (χ0n) is 10.9. The first kappa shape index (κ1) is 15.7. The van der Waals surface area contributed by atoms with Gasteiger partial charge in [0, 0.05) is 19.0 Å². The lowest BCUT2D eigenvalue weighted by Gasteiger charge is -2.11. The van der Waals surface area contributed by atoms with Crippen LogP contribution >= 0.6 is 0 Å². The number of rotatable bonds is 7. The molecule has 1 aliphatic carbocycles. The van der Waals surface area contributed by atoms with Crippen LogP contribution in [-0.2, 0) is 19.7 Å². The van der Waals surface area contributed by atoms with Crippen LogP contribution in [0.25, 0.3) is 0 Å². The normalized spacial score (nSPS) is 15.1. The highest BCUT2D eigenvalue weighted by Gasteiger charge is 2.29. The Balaban J connectivity index is 2.18. The Labute approximate surface area is 112 Å². The van der Waals surface area contributed by atoms with Gasteiger partial charge in [-0.05, 0) is 26.7 Å². The van der Waals surface area contributed by atoms with Gasteiger partial charge in [-0.2, -0.15) is 13.1 Å². The van der Waals surface area contributed by atoms with Crippen LogP contribution in [0.5, 0.6) is 0 Å². The maximum atomic E-state index is 11.4. The SMILES string of the molecule is CC(C)OC(=O)NS(=O)(=O)NCCNC(=O)C1CC1. The summed E-state index contributed by atoms with van der Waals surface area (Å²) >= 11 is 0. The molecule has 1 saturated carbocycles. The maximum absolute atomic E-state index is 11.4. The van der Waals surface area contributed by atoms with Crippen molar-refractivity contribution >= 4 is 22.2 Å². The molecule has 1 aliphatic rings. The molecule has 9 heteroatoms. The minimum Gasteiger partial charge on any atom is -0.446 e. The van der Waals surface area contributed by atoms with Crippen molar-refractivity contribution in [2.75, 3.05) is 13.1 Å². The largest absolute Gasteiger partial charge is 0.446 e. The van der Waals surface area contributed by atoms with Crippen molar-refractivity contribution < 1.29 is 22.7 Å². The number of hydrogen-bond donors (Lipinski definition) is 3. The second-order valence-corrected chi connectivity index (χ2v) is 6.02. The summed E-state index contributed by atoms with van der Waals surface area (Å²) in [6, 6.07) is 0. The molecule has 0 spiro atoms. The van der Waals surface area contributed by atoms with Gasteiger partial charge in [-0.15, -0.1) is 0 Å². The van der Waals surface area contributed by atoms with Crippen LogP contribution in [0.4, 0.5) is 4.79 Å². The van der Waals surface area contributed by atoms with E-state index in [2.05, 4.69) is 14.8 Å². The number of carbonyl (C=O) groups excluding carboxylic acids is 2. The predicted molar refractivity (Wildman–Crippen MR) is 67.4 cm³/mol. The average molecular weight is 293 g/mol. The lowest BCUT2D eigenvalue weighted by Crippen LogP contribution is -2.44. The van der Waals surface area contributed by atoms with Gasteiger partial charge < -0.3 is 10.1 Å². The van der Waals surface area contributed by atoms with Crippen molar-refractivity contribution in [2.45, 2.75) is 32.8 Å². The van der Waals surface area contributed by atoms with Gasteiger partial charge in [0.25, 0.3) is 0 Å². The Morgan fingerprint density at radius 1 is 1.26 bits per heavy atom. The molecule has 0 aromatic heterocycles. The third-order valence-corrected chi connectivity index (χ3v) is 3.24. The summed E-state index contributed by atoms with van der Waals surface area (Å²) in [4.78, 5) is 22.3. The fourth-order valence-electron chi connectivity index (χ4n) is 1.24. The Bertz CT molecular complexity index is 430. The lowest BCUT2D eigenvalue weighted by atomic mass is 10.4. The zero-order valence-corrected chi connectivity index (χ0v) is 11.7. The summed E-state index contributed by atoms with van der Waals surface area (Å²) < 4.78 is 31.2. The first-order chi connectivity index (χ1) is 8.80. The number of hydrogen-bond acceptors (Lipinski definition) is 5. The van der Waals surface area contributed by atoms with Crippen LogP contribution in [-0.4, -0.2) is 39.6 Å². The molecule has 0 aliphatic heterocycles. The molecule has 8 nitrogen and oxygen atoms in total. The fraction of sp³-hybridized carbons (Fsp3) is 0.800. The predicted octanol–water partition coefficient (Wildman–Crippen LogP) is -0.518. The second kappa shape index (κ2) is 6.71. The number of amides is 2. The highest BCUT2D eigenvalue weighted by atomic mass is 32.2. The average Bonchev–Trinajstić information content (AvgIpc) is 3.05. The van der Waals surface area contributed by atoms with E-state index in [1.54, 1.807) is 18.6 Å². The highest BCUT2D eigenvalue weighted by Crippen LogP contribution is 2.28.